The molecule has 0 saturated carbocycles. The van der Waals surface area contributed by atoms with Gasteiger partial charge in [-0.15, -0.1) is 0 Å². The fourth-order valence-corrected chi connectivity index (χ4v) is 2.66. The Morgan fingerprint density at radius 2 is 2.05 bits per heavy atom. The van der Waals surface area contributed by atoms with Crippen LogP contribution in [0.4, 0.5) is 14.5 Å². The van der Waals surface area contributed by atoms with Crippen LogP contribution in [0.15, 0.2) is 12.1 Å². The summed E-state index contributed by atoms with van der Waals surface area (Å²) in [6, 6.07) is 2.06. The van der Waals surface area contributed by atoms with E-state index in [2.05, 4.69) is 4.90 Å². The molecular weight excluding hydrogens is 278 g/mol. The van der Waals surface area contributed by atoms with E-state index in [0.29, 0.717) is 0 Å². The number of nitrogens with two attached hydrogens (primary N) is 1. The van der Waals surface area contributed by atoms with E-state index < -0.39 is 23.2 Å². The smallest absolute Gasteiger partial charge is 0.254 e. The van der Waals surface area contributed by atoms with Crippen LogP contribution in [0.5, 0.6) is 0 Å². The zero-order valence-electron chi connectivity index (χ0n) is 12.2. The molecule has 1 unspecified atom stereocenters. The second-order valence-electron chi connectivity index (χ2n) is 5.43. The summed E-state index contributed by atoms with van der Waals surface area (Å²) in [4.78, 5) is 16.1. The minimum atomic E-state index is -0.880. The number of rotatable bonds is 3. The average molecular weight is 298 g/mol. The van der Waals surface area contributed by atoms with E-state index in [4.69, 9.17) is 5.84 Å². The fourth-order valence-electron chi connectivity index (χ4n) is 2.66. The second-order valence-corrected chi connectivity index (χ2v) is 5.43. The number of piperidine rings is 1. The summed E-state index contributed by atoms with van der Waals surface area (Å²) in [5.41, 5.74) is 1.49. The van der Waals surface area contributed by atoms with Crippen LogP contribution in [-0.2, 0) is 0 Å². The van der Waals surface area contributed by atoms with E-state index in [1.54, 1.807) is 11.9 Å². The molecule has 1 aromatic carbocycles. The summed E-state index contributed by atoms with van der Waals surface area (Å²) in [5.74, 6) is 2.89. The Morgan fingerprint density at radius 3 is 2.57 bits per heavy atom. The number of carbonyl (C=O) groups is 1. The van der Waals surface area contributed by atoms with Crippen molar-refractivity contribution >= 4 is 11.6 Å². The van der Waals surface area contributed by atoms with Crippen molar-refractivity contribution in [1.29, 1.82) is 0 Å². The molecule has 1 saturated heterocycles. The maximum Gasteiger partial charge on any atom is 0.254 e. The lowest BCUT2D eigenvalue weighted by molar-refractivity contribution is 0.0643. The highest BCUT2D eigenvalue weighted by Gasteiger charge is 2.26. The van der Waals surface area contributed by atoms with Gasteiger partial charge >= 0.3 is 0 Å². The van der Waals surface area contributed by atoms with Crippen molar-refractivity contribution in [3.63, 3.8) is 0 Å². The van der Waals surface area contributed by atoms with Crippen LogP contribution in [0.2, 0.25) is 0 Å². The van der Waals surface area contributed by atoms with Gasteiger partial charge in [-0.1, -0.05) is 0 Å². The Bertz CT molecular complexity index is 515. The van der Waals surface area contributed by atoms with Gasteiger partial charge in [0.05, 0.1) is 0 Å². The Kier molecular flexibility index (Phi) is 4.74. The molecule has 1 atom stereocenters. The number of nitrogen functional groups attached to an aromatic ring is 1. The monoisotopic (exact) mass is 298 g/mol. The molecule has 116 valence electrons. The van der Waals surface area contributed by atoms with Crippen LogP contribution in [0.3, 0.4) is 0 Å². The maximum absolute atomic E-state index is 13.7. The minimum Gasteiger partial charge on any atom is -0.337 e. The fraction of sp³-hybridized carbons (Fsp3) is 0.500. The molecule has 3 N–H and O–H groups in total. The van der Waals surface area contributed by atoms with Gasteiger partial charge < -0.3 is 15.2 Å². The molecule has 2 rings (SSSR count). The number of anilines is 1. The number of likely N-dealkylation sites (tertiary alicyclic amines) is 1. The van der Waals surface area contributed by atoms with Crippen molar-refractivity contribution in [2.45, 2.75) is 18.9 Å². The number of benzene rings is 1. The van der Waals surface area contributed by atoms with Gasteiger partial charge in [-0.3, -0.25) is 10.6 Å². The first-order valence-corrected chi connectivity index (χ1v) is 6.85. The first-order chi connectivity index (χ1) is 9.93. The minimum absolute atomic E-state index is 0.0141. The summed E-state index contributed by atoms with van der Waals surface area (Å²) in [6.07, 6.45) is 1.89. The molecule has 7 heteroatoms. The van der Waals surface area contributed by atoms with Gasteiger partial charge in [-0.2, -0.15) is 0 Å². The topological polar surface area (TPSA) is 61.6 Å². The lowest BCUT2D eigenvalue weighted by Gasteiger charge is -2.35. The number of nitrogens with zero attached hydrogens (tertiary/aromatic N) is 2. The molecule has 0 bridgehead atoms. The number of likely N-dealkylation sites (N-methyl/N-ethyl adjacent to an activating group) is 2. The summed E-state index contributed by atoms with van der Waals surface area (Å²) in [6.45, 7) is 1.76. The first kappa shape index (κ1) is 15.7. The Labute approximate surface area is 122 Å². The lowest BCUT2D eigenvalue weighted by atomic mass is 10.0. The molecule has 1 aliphatic heterocycles. The highest BCUT2D eigenvalue weighted by atomic mass is 19.1. The quantitative estimate of drug-likeness (QED) is 0.654. The summed E-state index contributed by atoms with van der Waals surface area (Å²) >= 11 is 0. The van der Waals surface area contributed by atoms with Crippen molar-refractivity contribution in [2.75, 3.05) is 32.6 Å². The molecule has 1 amide bonds. The van der Waals surface area contributed by atoms with Gasteiger partial charge in [0, 0.05) is 25.2 Å². The molecule has 1 heterocycles. The number of halogens is 2. The second kappa shape index (κ2) is 6.36. The van der Waals surface area contributed by atoms with Crippen LogP contribution in [0.25, 0.3) is 0 Å². The lowest BCUT2D eigenvalue weighted by Crippen LogP contribution is -2.47. The number of hydrogen-bond acceptors (Lipinski definition) is 4. The number of carbonyl (C=O) groups excluding carboxylic acids is 1. The van der Waals surface area contributed by atoms with Gasteiger partial charge in [0.25, 0.3) is 5.91 Å². The molecule has 1 aromatic rings. The van der Waals surface area contributed by atoms with Gasteiger partial charge in [-0.05, 0) is 38.6 Å². The molecular formula is C14H20F2N4O. The third kappa shape index (κ3) is 3.30. The molecule has 0 spiro atoms. The van der Waals surface area contributed by atoms with E-state index >= 15 is 0 Å². The molecule has 1 fully saturated rings. The van der Waals surface area contributed by atoms with Crippen LogP contribution in [0, 0.1) is 11.6 Å². The first-order valence-electron chi connectivity index (χ1n) is 6.85. The number of hydrazine groups is 1. The molecule has 21 heavy (non-hydrogen) atoms. The summed E-state index contributed by atoms with van der Waals surface area (Å²) < 4.78 is 27.4. The van der Waals surface area contributed by atoms with Crippen LogP contribution in [0.1, 0.15) is 23.2 Å². The highest BCUT2D eigenvalue weighted by molar-refractivity contribution is 5.94. The van der Waals surface area contributed by atoms with Crippen LogP contribution in [-0.4, -0.2) is 48.9 Å². The zero-order chi connectivity index (χ0) is 15.6. The predicted molar refractivity (Wildman–Crippen MR) is 76.8 cm³/mol. The number of amides is 1. The van der Waals surface area contributed by atoms with Crippen LogP contribution < -0.4 is 11.3 Å². The molecule has 0 aliphatic carbocycles. The van der Waals surface area contributed by atoms with E-state index in [0.717, 1.165) is 38.1 Å². The molecule has 0 aromatic heterocycles. The van der Waals surface area contributed by atoms with Crippen molar-refractivity contribution in [3.8, 4) is 0 Å². The Balaban J connectivity index is 2.19. The maximum atomic E-state index is 13.7. The standard InChI is InChI=1S/C14H20F2N4O/c1-19-5-3-4-10(8-19)20(2)14(21)9-6-11(15)13(18-17)12(16)7-9/h6-7,10,18H,3-5,8,17H2,1-2H3. The third-order valence-corrected chi connectivity index (χ3v) is 3.90. The van der Waals surface area contributed by atoms with Gasteiger partial charge in [-0.25, -0.2) is 8.78 Å². The average Bonchev–Trinajstić information content (AvgIpc) is 2.45. The van der Waals surface area contributed by atoms with Crippen LogP contribution >= 0.6 is 0 Å². The van der Waals surface area contributed by atoms with E-state index in [9.17, 15) is 13.6 Å². The van der Waals surface area contributed by atoms with Crippen molar-refractivity contribution in [2.24, 2.45) is 5.84 Å². The van der Waals surface area contributed by atoms with E-state index in [-0.39, 0.29) is 11.6 Å². The van der Waals surface area contributed by atoms with Crippen molar-refractivity contribution in [1.82, 2.24) is 9.80 Å². The number of hydrogen-bond donors (Lipinski definition) is 2. The predicted octanol–water partition coefficient (Wildman–Crippen LogP) is 1.42. The Hall–Kier alpha value is -1.73. The SMILES string of the molecule is CN1CCCC(N(C)C(=O)c2cc(F)c(NN)c(F)c2)C1. The summed E-state index contributed by atoms with van der Waals surface area (Å²) in [5, 5.41) is 0. The van der Waals surface area contributed by atoms with E-state index in [1.165, 1.54) is 0 Å². The number of nitrogens with one attached hydrogen (secondary N) is 1. The largest absolute Gasteiger partial charge is 0.337 e. The molecule has 5 nitrogen and oxygen atoms in total. The van der Waals surface area contributed by atoms with Gasteiger partial charge in [0.2, 0.25) is 0 Å². The van der Waals surface area contributed by atoms with Crippen molar-refractivity contribution in [3.05, 3.63) is 29.3 Å². The Morgan fingerprint density at radius 1 is 1.43 bits per heavy atom. The highest BCUT2D eigenvalue weighted by Crippen LogP contribution is 2.22. The molecule has 1 aliphatic rings. The molecule has 0 radical (unpaired) electrons. The van der Waals surface area contributed by atoms with E-state index in [1.807, 2.05) is 12.5 Å². The van der Waals surface area contributed by atoms with Crippen molar-refractivity contribution < 1.29 is 13.6 Å². The summed E-state index contributed by atoms with van der Waals surface area (Å²) in [7, 11) is 3.66. The van der Waals surface area contributed by atoms with Gasteiger partial charge in [0.15, 0.2) is 11.6 Å². The normalized spacial score (nSPS) is 19.4. The third-order valence-electron chi connectivity index (χ3n) is 3.90. The zero-order valence-corrected chi connectivity index (χ0v) is 12.2. The van der Waals surface area contributed by atoms with Gasteiger partial charge in [0.1, 0.15) is 5.69 Å².